The van der Waals surface area contributed by atoms with Crippen LogP contribution in [0.15, 0.2) is 54.7 Å². The van der Waals surface area contributed by atoms with Gasteiger partial charge in [0, 0.05) is 36.6 Å². The second-order valence-corrected chi connectivity index (χ2v) is 8.71. The predicted octanol–water partition coefficient (Wildman–Crippen LogP) is 3.54. The number of hydrogen-bond acceptors (Lipinski definition) is 3. The maximum Gasteiger partial charge on any atom is 0.238 e. The molecule has 5 heteroatoms. The third kappa shape index (κ3) is 3.48. The first kappa shape index (κ1) is 18.9. The van der Waals surface area contributed by atoms with Crippen LogP contribution in [-0.2, 0) is 18.3 Å². The Morgan fingerprint density at radius 1 is 1.20 bits per heavy atom. The number of nitrogens with one attached hydrogen (secondary N) is 2. The summed E-state index contributed by atoms with van der Waals surface area (Å²) in [7, 11) is 2.05. The van der Waals surface area contributed by atoms with Crippen LogP contribution in [0.3, 0.4) is 0 Å². The van der Waals surface area contributed by atoms with E-state index in [0.29, 0.717) is 18.4 Å². The molecule has 1 saturated carbocycles. The molecule has 1 saturated heterocycles. The van der Waals surface area contributed by atoms with E-state index in [1.807, 2.05) is 0 Å². The van der Waals surface area contributed by atoms with Crippen LogP contribution in [-0.4, -0.2) is 28.6 Å². The lowest BCUT2D eigenvalue weighted by atomic mass is 9.98. The van der Waals surface area contributed by atoms with Gasteiger partial charge in [-0.2, -0.15) is 5.26 Å². The Kier molecular flexibility index (Phi) is 4.80. The number of nitriles is 1. The van der Waals surface area contributed by atoms with E-state index < -0.39 is 6.04 Å². The lowest BCUT2D eigenvalue weighted by molar-refractivity contribution is -0.124. The van der Waals surface area contributed by atoms with Crippen molar-refractivity contribution in [2.24, 2.45) is 13.0 Å². The van der Waals surface area contributed by atoms with Gasteiger partial charge >= 0.3 is 0 Å². The Bertz CT molecular complexity index is 1120. The minimum Gasteiger partial charge on any atom is -0.351 e. The maximum atomic E-state index is 12.6. The summed E-state index contributed by atoms with van der Waals surface area (Å²) in [6.45, 7) is 0. The number of hydrogen-bond donors (Lipinski definition) is 2. The van der Waals surface area contributed by atoms with Gasteiger partial charge in [-0.1, -0.05) is 30.3 Å². The summed E-state index contributed by atoms with van der Waals surface area (Å²) in [5.41, 5.74) is 4.58. The Morgan fingerprint density at radius 3 is 2.70 bits per heavy atom. The third-order valence-corrected chi connectivity index (χ3v) is 6.73. The van der Waals surface area contributed by atoms with Crippen molar-refractivity contribution in [3.05, 3.63) is 60.3 Å². The van der Waals surface area contributed by atoms with E-state index in [9.17, 15) is 10.1 Å². The molecule has 1 aliphatic heterocycles. The monoisotopic (exact) mass is 398 g/mol. The average Bonchev–Trinajstić information content (AvgIpc) is 3.50. The van der Waals surface area contributed by atoms with E-state index in [1.54, 1.807) is 0 Å². The first-order valence-corrected chi connectivity index (χ1v) is 10.7. The lowest BCUT2D eigenvalue weighted by Crippen LogP contribution is -2.50. The molecule has 1 aliphatic carbocycles. The van der Waals surface area contributed by atoms with Crippen LogP contribution in [0.1, 0.15) is 24.8 Å². The maximum absolute atomic E-state index is 12.6. The fourth-order valence-electron chi connectivity index (χ4n) is 5.07. The van der Waals surface area contributed by atoms with Gasteiger partial charge in [0.2, 0.25) is 5.91 Å². The number of nitrogens with zero attached hydrogens (tertiary/aromatic N) is 2. The van der Waals surface area contributed by atoms with Crippen molar-refractivity contribution in [3.8, 4) is 17.2 Å². The van der Waals surface area contributed by atoms with E-state index in [-0.39, 0.29) is 11.9 Å². The Labute approximate surface area is 176 Å². The number of rotatable bonds is 5. The SMILES string of the molecule is Cn1ccc2cc(-c3ccc(C[C@@H](C#N)NC(=O)C4N[C@@H]5CCC4C5)cc3)ccc21. The molecule has 1 amide bonds. The normalized spacial score (nSPS) is 23.4. The molecule has 152 valence electrons. The Balaban J connectivity index is 1.25. The van der Waals surface area contributed by atoms with Gasteiger partial charge in [-0.3, -0.25) is 4.79 Å². The Morgan fingerprint density at radius 2 is 2.00 bits per heavy atom. The minimum atomic E-state index is -0.509. The van der Waals surface area contributed by atoms with Crippen molar-refractivity contribution in [2.45, 2.75) is 43.8 Å². The molecule has 2 aromatic carbocycles. The zero-order valence-corrected chi connectivity index (χ0v) is 17.1. The van der Waals surface area contributed by atoms with Crippen molar-refractivity contribution < 1.29 is 4.79 Å². The number of benzene rings is 2. The summed E-state index contributed by atoms with van der Waals surface area (Å²) < 4.78 is 2.12. The molecule has 2 fully saturated rings. The van der Waals surface area contributed by atoms with Crippen LogP contribution < -0.4 is 10.6 Å². The summed E-state index contributed by atoms with van der Waals surface area (Å²) in [4.78, 5) is 12.6. The molecule has 4 atom stereocenters. The van der Waals surface area contributed by atoms with Crippen LogP contribution in [0.4, 0.5) is 0 Å². The predicted molar refractivity (Wildman–Crippen MR) is 118 cm³/mol. The molecular weight excluding hydrogens is 372 g/mol. The van der Waals surface area contributed by atoms with E-state index in [4.69, 9.17) is 0 Å². The molecule has 5 nitrogen and oxygen atoms in total. The standard InChI is InChI=1S/C25H26N4O/c1-29-11-10-19-13-18(7-9-23(19)29)17-4-2-16(3-5-17)12-22(15-26)28-25(30)24-20-6-8-21(14-20)27-24/h2-5,7,9-11,13,20-22,24,27H,6,8,12,14H2,1H3,(H,28,30)/t20?,21-,22+,24?/m1/s1. The van der Waals surface area contributed by atoms with Gasteiger partial charge in [-0.15, -0.1) is 0 Å². The summed E-state index contributed by atoms with van der Waals surface area (Å²) in [6, 6.07) is 19.0. The highest BCUT2D eigenvalue weighted by molar-refractivity contribution is 5.85. The summed E-state index contributed by atoms with van der Waals surface area (Å²) in [6.07, 6.45) is 5.95. The fourth-order valence-corrected chi connectivity index (χ4v) is 5.07. The topological polar surface area (TPSA) is 69.8 Å². The second kappa shape index (κ2) is 7.62. The van der Waals surface area contributed by atoms with Crippen molar-refractivity contribution in [2.75, 3.05) is 0 Å². The molecule has 30 heavy (non-hydrogen) atoms. The molecule has 0 radical (unpaired) electrons. The average molecular weight is 399 g/mol. The fraction of sp³-hybridized carbons (Fsp3) is 0.360. The summed E-state index contributed by atoms with van der Waals surface area (Å²) in [5, 5.41) is 17.1. The van der Waals surface area contributed by atoms with Crippen molar-refractivity contribution >= 4 is 16.8 Å². The zero-order chi connectivity index (χ0) is 20.7. The van der Waals surface area contributed by atoms with Crippen molar-refractivity contribution in [3.63, 3.8) is 0 Å². The van der Waals surface area contributed by atoms with E-state index in [1.165, 1.54) is 22.9 Å². The number of amides is 1. The number of carbonyl (C=O) groups excluding carboxylic acids is 1. The number of aryl methyl sites for hydroxylation is 1. The number of carbonyl (C=O) groups is 1. The largest absolute Gasteiger partial charge is 0.351 e. The molecule has 2 aliphatic rings. The van der Waals surface area contributed by atoms with Crippen LogP contribution in [0.25, 0.3) is 22.0 Å². The van der Waals surface area contributed by atoms with Gasteiger partial charge in [-0.05, 0) is 60.1 Å². The molecule has 2 bridgehead atoms. The molecule has 2 N–H and O–H groups in total. The second-order valence-electron chi connectivity index (χ2n) is 8.71. The van der Waals surface area contributed by atoms with E-state index in [0.717, 1.165) is 24.0 Å². The van der Waals surface area contributed by atoms with Crippen molar-refractivity contribution in [1.29, 1.82) is 5.26 Å². The zero-order valence-electron chi connectivity index (χ0n) is 17.1. The lowest BCUT2D eigenvalue weighted by Gasteiger charge is -2.23. The third-order valence-electron chi connectivity index (χ3n) is 6.73. The molecule has 1 aromatic heterocycles. The van der Waals surface area contributed by atoms with Gasteiger partial charge < -0.3 is 15.2 Å². The molecule has 0 spiro atoms. The van der Waals surface area contributed by atoms with Crippen LogP contribution in [0, 0.1) is 17.2 Å². The van der Waals surface area contributed by atoms with E-state index in [2.05, 4.69) is 83.0 Å². The highest BCUT2D eigenvalue weighted by Crippen LogP contribution is 2.35. The van der Waals surface area contributed by atoms with Gasteiger partial charge in [-0.25, -0.2) is 0 Å². The number of fused-ring (bicyclic) bond motifs is 3. The molecule has 2 heterocycles. The highest BCUT2D eigenvalue weighted by Gasteiger charge is 2.43. The van der Waals surface area contributed by atoms with Gasteiger partial charge in [0.1, 0.15) is 6.04 Å². The quantitative estimate of drug-likeness (QED) is 0.691. The minimum absolute atomic E-state index is 0.0264. The molecule has 5 rings (SSSR count). The first-order valence-electron chi connectivity index (χ1n) is 10.7. The highest BCUT2D eigenvalue weighted by atomic mass is 16.2. The van der Waals surface area contributed by atoms with Crippen LogP contribution in [0.2, 0.25) is 0 Å². The van der Waals surface area contributed by atoms with E-state index >= 15 is 0 Å². The van der Waals surface area contributed by atoms with Gasteiger partial charge in [0.05, 0.1) is 12.1 Å². The number of aromatic nitrogens is 1. The number of piperidine rings is 1. The molecule has 3 aromatic rings. The smallest absolute Gasteiger partial charge is 0.238 e. The Hall–Kier alpha value is -3.10. The van der Waals surface area contributed by atoms with Crippen molar-refractivity contribution in [1.82, 2.24) is 15.2 Å². The summed E-state index contributed by atoms with van der Waals surface area (Å²) in [5.74, 6) is 0.400. The van der Waals surface area contributed by atoms with Gasteiger partial charge in [0.15, 0.2) is 0 Å². The van der Waals surface area contributed by atoms with Crippen LogP contribution >= 0.6 is 0 Å². The van der Waals surface area contributed by atoms with Gasteiger partial charge in [0.25, 0.3) is 0 Å². The van der Waals surface area contributed by atoms with Crippen LogP contribution in [0.5, 0.6) is 0 Å². The molecule has 2 unspecified atom stereocenters. The first-order chi connectivity index (χ1) is 14.6. The summed E-state index contributed by atoms with van der Waals surface area (Å²) >= 11 is 0. The molecular formula is C25H26N4O.